The average Bonchev–Trinajstić information content (AvgIpc) is 2.95. The Morgan fingerprint density at radius 2 is 2.12 bits per heavy atom. The molecule has 0 saturated carbocycles. The van der Waals surface area contributed by atoms with Crippen LogP contribution in [-0.2, 0) is 17.8 Å². The molecule has 6 heteroatoms. The third-order valence-electron chi connectivity index (χ3n) is 5.01. The lowest BCUT2D eigenvalue weighted by molar-refractivity contribution is -0.121. The van der Waals surface area contributed by atoms with Gasteiger partial charge >= 0.3 is 0 Å². The second-order valence-corrected chi connectivity index (χ2v) is 6.95. The molecule has 2 heterocycles. The Hall–Kier alpha value is -2.34. The van der Waals surface area contributed by atoms with Crippen LogP contribution in [-0.4, -0.2) is 42.2 Å². The Bertz CT molecular complexity index is 729. The molecule has 1 aromatic heterocycles. The van der Waals surface area contributed by atoms with Crippen LogP contribution in [0.3, 0.4) is 0 Å². The van der Waals surface area contributed by atoms with E-state index in [1.165, 1.54) is 5.56 Å². The molecule has 1 aromatic carbocycles. The summed E-state index contributed by atoms with van der Waals surface area (Å²) in [6.45, 7) is 6.74. The molecular weight excluding hydrogens is 330 g/mol. The molecule has 26 heavy (non-hydrogen) atoms. The summed E-state index contributed by atoms with van der Waals surface area (Å²) in [7, 11) is 1.63. The van der Waals surface area contributed by atoms with Gasteiger partial charge in [0.2, 0.25) is 5.91 Å². The summed E-state index contributed by atoms with van der Waals surface area (Å²) in [6, 6.07) is 7.90. The van der Waals surface area contributed by atoms with Crippen LogP contribution in [0.4, 0.5) is 0 Å². The van der Waals surface area contributed by atoms with E-state index in [9.17, 15) is 4.79 Å². The number of nitrogens with zero attached hydrogens (tertiary/aromatic N) is 2. The van der Waals surface area contributed by atoms with Crippen molar-refractivity contribution in [2.75, 3.05) is 20.2 Å². The van der Waals surface area contributed by atoms with Crippen LogP contribution >= 0.6 is 0 Å². The Morgan fingerprint density at radius 3 is 2.77 bits per heavy atom. The molecule has 0 unspecified atom stereocenters. The first-order valence-electron chi connectivity index (χ1n) is 9.11. The minimum Gasteiger partial charge on any atom is -0.497 e. The van der Waals surface area contributed by atoms with Gasteiger partial charge in [0.25, 0.3) is 0 Å². The van der Waals surface area contributed by atoms with Crippen molar-refractivity contribution >= 4 is 5.91 Å². The lowest BCUT2D eigenvalue weighted by atomic mass is 10.0. The van der Waals surface area contributed by atoms with E-state index in [0.717, 1.165) is 55.2 Å². The summed E-state index contributed by atoms with van der Waals surface area (Å²) in [5.41, 5.74) is 3.12. The second-order valence-electron chi connectivity index (χ2n) is 6.95. The van der Waals surface area contributed by atoms with Crippen molar-refractivity contribution in [3.05, 3.63) is 46.8 Å². The molecule has 0 atom stereocenters. The Kier molecular flexibility index (Phi) is 5.93. The predicted octanol–water partition coefficient (Wildman–Crippen LogP) is 2.62. The van der Waals surface area contributed by atoms with E-state index in [4.69, 9.17) is 9.26 Å². The molecule has 140 valence electrons. The predicted molar refractivity (Wildman–Crippen MR) is 99.1 cm³/mol. The van der Waals surface area contributed by atoms with E-state index in [1.54, 1.807) is 7.11 Å². The topological polar surface area (TPSA) is 67.6 Å². The highest BCUT2D eigenvalue weighted by Gasteiger charge is 2.22. The summed E-state index contributed by atoms with van der Waals surface area (Å²) in [5, 5.41) is 7.19. The fourth-order valence-electron chi connectivity index (χ4n) is 3.43. The average molecular weight is 357 g/mol. The SMILES string of the molecule is COc1cccc(CC(=O)NC2CCN(Cc3c(C)noc3C)CC2)c1. The summed E-state index contributed by atoms with van der Waals surface area (Å²) < 4.78 is 10.5. The highest BCUT2D eigenvalue weighted by Crippen LogP contribution is 2.19. The number of carbonyl (C=O) groups excluding carboxylic acids is 1. The van der Waals surface area contributed by atoms with E-state index in [0.29, 0.717) is 6.42 Å². The van der Waals surface area contributed by atoms with Gasteiger partial charge in [-0.15, -0.1) is 0 Å². The zero-order chi connectivity index (χ0) is 18.5. The van der Waals surface area contributed by atoms with Crippen LogP contribution in [0.5, 0.6) is 5.75 Å². The van der Waals surface area contributed by atoms with E-state index in [1.807, 2.05) is 38.1 Å². The van der Waals surface area contributed by atoms with Gasteiger partial charge in [-0.1, -0.05) is 17.3 Å². The van der Waals surface area contributed by atoms with E-state index >= 15 is 0 Å². The van der Waals surface area contributed by atoms with Crippen molar-refractivity contribution in [1.29, 1.82) is 0 Å². The molecule has 2 aromatic rings. The molecule has 0 radical (unpaired) electrons. The van der Waals surface area contributed by atoms with Crippen molar-refractivity contribution < 1.29 is 14.1 Å². The third-order valence-corrected chi connectivity index (χ3v) is 5.01. The number of nitrogens with one attached hydrogen (secondary N) is 1. The summed E-state index contributed by atoms with van der Waals surface area (Å²) in [4.78, 5) is 14.7. The number of piperidine rings is 1. The number of aryl methyl sites for hydroxylation is 2. The second kappa shape index (κ2) is 8.36. The third kappa shape index (κ3) is 4.64. The Labute approximate surface area is 154 Å². The van der Waals surface area contributed by atoms with Crippen LogP contribution in [0.2, 0.25) is 0 Å². The van der Waals surface area contributed by atoms with Crippen LogP contribution < -0.4 is 10.1 Å². The first-order chi connectivity index (χ1) is 12.5. The highest BCUT2D eigenvalue weighted by atomic mass is 16.5. The molecular formula is C20H27N3O3. The number of carbonyl (C=O) groups is 1. The molecule has 1 aliphatic heterocycles. The number of amides is 1. The van der Waals surface area contributed by atoms with Crippen LogP contribution in [0, 0.1) is 13.8 Å². The monoisotopic (exact) mass is 357 g/mol. The number of methoxy groups -OCH3 is 1. The largest absolute Gasteiger partial charge is 0.497 e. The standard InChI is InChI=1S/C20H27N3O3/c1-14-19(15(2)26-22-14)13-23-9-7-17(8-10-23)21-20(24)12-16-5-4-6-18(11-16)25-3/h4-6,11,17H,7-10,12-13H2,1-3H3,(H,21,24). The summed E-state index contributed by atoms with van der Waals surface area (Å²) in [6.07, 6.45) is 2.32. The van der Waals surface area contributed by atoms with Crippen molar-refractivity contribution in [1.82, 2.24) is 15.4 Å². The zero-order valence-electron chi connectivity index (χ0n) is 15.7. The van der Waals surface area contributed by atoms with Crippen LogP contribution in [0.25, 0.3) is 0 Å². The van der Waals surface area contributed by atoms with Crippen LogP contribution in [0.1, 0.15) is 35.4 Å². The molecule has 0 aliphatic carbocycles. The van der Waals surface area contributed by atoms with Gasteiger partial charge in [0.05, 0.1) is 19.2 Å². The van der Waals surface area contributed by atoms with Gasteiger partial charge in [-0.2, -0.15) is 0 Å². The molecule has 3 rings (SSSR count). The Balaban J connectivity index is 1.45. The van der Waals surface area contributed by atoms with Gasteiger partial charge in [0, 0.05) is 31.2 Å². The zero-order valence-corrected chi connectivity index (χ0v) is 15.7. The number of rotatable bonds is 6. The maximum absolute atomic E-state index is 12.3. The van der Waals surface area contributed by atoms with Crippen molar-refractivity contribution in [2.24, 2.45) is 0 Å². The normalized spacial score (nSPS) is 15.8. The first kappa shape index (κ1) is 18.5. The van der Waals surface area contributed by atoms with Gasteiger partial charge in [0.15, 0.2) is 0 Å². The number of likely N-dealkylation sites (tertiary alicyclic amines) is 1. The lowest BCUT2D eigenvalue weighted by Gasteiger charge is -2.32. The minimum absolute atomic E-state index is 0.0717. The molecule has 1 aliphatic rings. The summed E-state index contributed by atoms with van der Waals surface area (Å²) in [5.74, 6) is 1.75. The number of ether oxygens (including phenoxy) is 1. The van der Waals surface area contributed by atoms with E-state index in [2.05, 4.69) is 15.4 Å². The maximum atomic E-state index is 12.3. The van der Waals surface area contributed by atoms with Gasteiger partial charge in [0.1, 0.15) is 11.5 Å². The van der Waals surface area contributed by atoms with Crippen molar-refractivity contribution in [2.45, 2.75) is 45.7 Å². The number of hydrogen-bond donors (Lipinski definition) is 1. The maximum Gasteiger partial charge on any atom is 0.224 e. The van der Waals surface area contributed by atoms with Crippen LogP contribution in [0.15, 0.2) is 28.8 Å². The molecule has 1 amide bonds. The number of aromatic nitrogens is 1. The minimum atomic E-state index is 0.0717. The van der Waals surface area contributed by atoms with Crippen molar-refractivity contribution in [3.63, 3.8) is 0 Å². The Morgan fingerprint density at radius 1 is 1.35 bits per heavy atom. The molecule has 1 fully saturated rings. The fraction of sp³-hybridized carbons (Fsp3) is 0.500. The highest BCUT2D eigenvalue weighted by molar-refractivity contribution is 5.79. The smallest absolute Gasteiger partial charge is 0.224 e. The van der Waals surface area contributed by atoms with Gasteiger partial charge < -0.3 is 14.6 Å². The quantitative estimate of drug-likeness (QED) is 0.861. The molecule has 6 nitrogen and oxygen atoms in total. The van der Waals surface area contributed by atoms with Gasteiger partial charge in [-0.05, 0) is 44.4 Å². The molecule has 1 N–H and O–H groups in total. The fourth-order valence-corrected chi connectivity index (χ4v) is 3.43. The molecule has 0 spiro atoms. The van der Waals surface area contributed by atoms with Gasteiger partial charge in [-0.3, -0.25) is 9.69 Å². The molecule has 0 bridgehead atoms. The van der Waals surface area contributed by atoms with Gasteiger partial charge in [-0.25, -0.2) is 0 Å². The number of benzene rings is 1. The molecule has 1 saturated heterocycles. The van der Waals surface area contributed by atoms with E-state index < -0.39 is 0 Å². The lowest BCUT2D eigenvalue weighted by Crippen LogP contribution is -2.44. The summed E-state index contributed by atoms with van der Waals surface area (Å²) >= 11 is 0. The van der Waals surface area contributed by atoms with Crippen molar-refractivity contribution in [3.8, 4) is 5.75 Å². The first-order valence-corrected chi connectivity index (χ1v) is 9.11. The number of hydrogen-bond acceptors (Lipinski definition) is 5. The van der Waals surface area contributed by atoms with E-state index in [-0.39, 0.29) is 11.9 Å².